The summed E-state index contributed by atoms with van der Waals surface area (Å²) < 4.78 is 3.94. The number of aromatic nitrogens is 4. The molecule has 0 unspecified atom stereocenters. The van der Waals surface area contributed by atoms with Crippen LogP contribution in [0.4, 0.5) is 0 Å². The molecule has 0 aliphatic carbocycles. The zero-order chi connectivity index (χ0) is 12.8. The van der Waals surface area contributed by atoms with Crippen molar-refractivity contribution in [1.82, 2.24) is 24.9 Å². The monoisotopic (exact) mass is 247 g/mol. The van der Waals surface area contributed by atoms with Crippen molar-refractivity contribution < 1.29 is 0 Å². The minimum Gasteiger partial charge on any atom is -0.311 e. The normalized spacial score (nSPS) is 11.3. The molecule has 18 heavy (non-hydrogen) atoms. The quantitative estimate of drug-likeness (QED) is 0.759. The summed E-state index contributed by atoms with van der Waals surface area (Å²) in [6, 6.07) is 4.45. The fourth-order valence-corrected chi connectivity index (χ4v) is 1.77. The minimum atomic E-state index is 0.429. The first-order valence-electron chi connectivity index (χ1n) is 6.48. The second-order valence-electron chi connectivity index (χ2n) is 4.68. The third-order valence-electron chi connectivity index (χ3n) is 2.80. The first kappa shape index (κ1) is 12.8. The first-order chi connectivity index (χ1) is 8.75. The zero-order valence-electron chi connectivity index (χ0n) is 11.1. The van der Waals surface area contributed by atoms with E-state index in [1.54, 1.807) is 0 Å². The summed E-state index contributed by atoms with van der Waals surface area (Å²) in [6.07, 6.45) is 6.91. The minimum absolute atomic E-state index is 0.429. The molecule has 5 nitrogen and oxygen atoms in total. The van der Waals surface area contributed by atoms with Crippen molar-refractivity contribution in [3.8, 4) is 0 Å². The van der Waals surface area contributed by atoms with Gasteiger partial charge in [0, 0.05) is 37.7 Å². The van der Waals surface area contributed by atoms with Gasteiger partial charge in [-0.15, -0.1) is 0 Å². The molecule has 5 heteroatoms. The van der Waals surface area contributed by atoms with E-state index >= 15 is 0 Å². The fourth-order valence-electron chi connectivity index (χ4n) is 1.77. The molecule has 2 aromatic heterocycles. The molecule has 0 fully saturated rings. The summed E-state index contributed by atoms with van der Waals surface area (Å²) in [6.45, 7) is 7.04. The molecule has 0 aliphatic heterocycles. The summed E-state index contributed by atoms with van der Waals surface area (Å²) in [4.78, 5) is 0. The Morgan fingerprint density at radius 2 is 2.22 bits per heavy atom. The molecule has 0 aromatic carbocycles. The molecule has 0 saturated heterocycles. The van der Waals surface area contributed by atoms with Crippen molar-refractivity contribution in [3.05, 3.63) is 36.4 Å². The molecule has 2 heterocycles. The Morgan fingerprint density at radius 3 is 2.89 bits per heavy atom. The Bertz CT molecular complexity index is 444. The fraction of sp³-hybridized carbons (Fsp3) is 0.538. The van der Waals surface area contributed by atoms with Crippen molar-refractivity contribution in [2.75, 3.05) is 6.54 Å². The smallest absolute Gasteiger partial charge is 0.0762 e. The van der Waals surface area contributed by atoms with E-state index in [1.807, 2.05) is 34.0 Å². The van der Waals surface area contributed by atoms with Gasteiger partial charge in [-0.2, -0.15) is 10.2 Å². The van der Waals surface area contributed by atoms with Crippen LogP contribution in [0.2, 0.25) is 0 Å². The predicted molar refractivity (Wildman–Crippen MR) is 71.2 cm³/mol. The average molecular weight is 247 g/mol. The van der Waals surface area contributed by atoms with Crippen molar-refractivity contribution >= 4 is 0 Å². The number of hydrogen-bond donors (Lipinski definition) is 1. The highest BCUT2D eigenvalue weighted by Gasteiger charge is 2.01. The van der Waals surface area contributed by atoms with Gasteiger partial charge < -0.3 is 5.32 Å². The summed E-state index contributed by atoms with van der Waals surface area (Å²) in [7, 11) is 0. The van der Waals surface area contributed by atoms with Crippen LogP contribution in [0.15, 0.2) is 30.7 Å². The summed E-state index contributed by atoms with van der Waals surface area (Å²) in [5.41, 5.74) is 1.10. The van der Waals surface area contributed by atoms with Crippen molar-refractivity contribution in [3.63, 3.8) is 0 Å². The van der Waals surface area contributed by atoms with E-state index in [-0.39, 0.29) is 0 Å². The van der Waals surface area contributed by atoms with E-state index in [0.29, 0.717) is 6.04 Å². The van der Waals surface area contributed by atoms with Crippen LogP contribution in [0.1, 0.15) is 32.0 Å². The van der Waals surface area contributed by atoms with E-state index in [2.05, 4.69) is 35.4 Å². The SMILES string of the molecule is CC(C)n1ccc(CNCCCn2cccn2)n1. The molecule has 0 spiro atoms. The number of rotatable bonds is 7. The van der Waals surface area contributed by atoms with Gasteiger partial charge >= 0.3 is 0 Å². The highest BCUT2D eigenvalue weighted by Crippen LogP contribution is 2.03. The Balaban J connectivity index is 1.62. The molecule has 0 radical (unpaired) electrons. The Hall–Kier alpha value is -1.62. The lowest BCUT2D eigenvalue weighted by molar-refractivity contribution is 0.513. The van der Waals surface area contributed by atoms with E-state index in [1.165, 1.54) is 0 Å². The van der Waals surface area contributed by atoms with Crippen LogP contribution in [0.5, 0.6) is 0 Å². The van der Waals surface area contributed by atoms with Gasteiger partial charge in [0.05, 0.1) is 5.69 Å². The van der Waals surface area contributed by atoms with Crippen LogP contribution in [0, 0.1) is 0 Å². The van der Waals surface area contributed by atoms with Crippen molar-refractivity contribution in [2.45, 2.75) is 39.4 Å². The molecule has 0 amide bonds. The Kier molecular flexibility index (Phi) is 4.52. The summed E-state index contributed by atoms with van der Waals surface area (Å²) in [5, 5.41) is 12.1. The van der Waals surface area contributed by atoms with Crippen molar-refractivity contribution in [2.24, 2.45) is 0 Å². The number of nitrogens with one attached hydrogen (secondary N) is 1. The third-order valence-corrected chi connectivity index (χ3v) is 2.80. The van der Waals surface area contributed by atoms with E-state index in [4.69, 9.17) is 0 Å². The molecule has 2 aromatic rings. The maximum absolute atomic E-state index is 4.49. The number of nitrogens with zero attached hydrogens (tertiary/aromatic N) is 4. The highest BCUT2D eigenvalue weighted by molar-refractivity contribution is 4.98. The van der Waals surface area contributed by atoms with Crippen LogP contribution in [-0.2, 0) is 13.1 Å². The van der Waals surface area contributed by atoms with E-state index in [0.717, 1.165) is 31.7 Å². The average Bonchev–Trinajstić information content (AvgIpc) is 2.98. The third kappa shape index (κ3) is 3.70. The second-order valence-corrected chi connectivity index (χ2v) is 4.68. The van der Waals surface area contributed by atoms with Crippen LogP contribution >= 0.6 is 0 Å². The van der Waals surface area contributed by atoms with Gasteiger partial charge in [-0.25, -0.2) is 0 Å². The van der Waals surface area contributed by atoms with Crippen LogP contribution in [0.3, 0.4) is 0 Å². The topological polar surface area (TPSA) is 47.7 Å². The van der Waals surface area contributed by atoms with Gasteiger partial charge in [0.15, 0.2) is 0 Å². The van der Waals surface area contributed by atoms with Gasteiger partial charge in [-0.1, -0.05) is 0 Å². The van der Waals surface area contributed by atoms with E-state index < -0.39 is 0 Å². The Morgan fingerprint density at radius 1 is 1.33 bits per heavy atom. The lowest BCUT2D eigenvalue weighted by Crippen LogP contribution is -2.17. The second kappa shape index (κ2) is 6.35. The van der Waals surface area contributed by atoms with Gasteiger partial charge in [-0.05, 0) is 38.9 Å². The first-order valence-corrected chi connectivity index (χ1v) is 6.48. The summed E-state index contributed by atoms with van der Waals surface area (Å²) >= 11 is 0. The summed E-state index contributed by atoms with van der Waals surface area (Å²) in [5.74, 6) is 0. The largest absolute Gasteiger partial charge is 0.311 e. The molecular weight excluding hydrogens is 226 g/mol. The van der Waals surface area contributed by atoms with Crippen LogP contribution < -0.4 is 5.32 Å². The van der Waals surface area contributed by atoms with Crippen LogP contribution in [-0.4, -0.2) is 26.1 Å². The number of hydrogen-bond acceptors (Lipinski definition) is 3. The highest BCUT2D eigenvalue weighted by atomic mass is 15.3. The van der Waals surface area contributed by atoms with Gasteiger partial charge in [0.1, 0.15) is 0 Å². The molecule has 0 bridgehead atoms. The van der Waals surface area contributed by atoms with Crippen molar-refractivity contribution in [1.29, 1.82) is 0 Å². The molecular formula is C13H21N5. The predicted octanol–water partition coefficient (Wildman–Crippen LogP) is 1.84. The molecule has 98 valence electrons. The lowest BCUT2D eigenvalue weighted by atomic mass is 10.4. The van der Waals surface area contributed by atoms with Gasteiger partial charge in [-0.3, -0.25) is 9.36 Å². The van der Waals surface area contributed by atoms with Crippen LogP contribution in [0.25, 0.3) is 0 Å². The molecule has 0 atom stereocenters. The zero-order valence-corrected chi connectivity index (χ0v) is 11.1. The van der Waals surface area contributed by atoms with Gasteiger partial charge in [0.2, 0.25) is 0 Å². The van der Waals surface area contributed by atoms with Gasteiger partial charge in [0.25, 0.3) is 0 Å². The van der Waals surface area contributed by atoms with E-state index in [9.17, 15) is 0 Å². The maximum Gasteiger partial charge on any atom is 0.0762 e. The number of aryl methyl sites for hydroxylation is 1. The standard InChI is InChI=1S/C13H21N5/c1-12(2)18-10-5-13(16-18)11-14-6-3-8-17-9-4-7-15-17/h4-5,7,9-10,12,14H,3,6,8,11H2,1-2H3. The lowest BCUT2D eigenvalue weighted by Gasteiger charge is -2.05. The molecule has 1 N–H and O–H groups in total. The Labute approximate surface area is 108 Å². The maximum atomic E-state index is 4.49. The molecule has 0 saturated carbocycles. The molecule has 2 rings (SSSR count). The molecule has 0 aliphatic rings.